The summed E-state index contributed by atoms with van der Waals surface area (Å²) in [6.07, 6.45) is 7.36. The molecule has 0 unspecified atom stereocenters. The zero-order chi connectivity index (χ0) is 21.1. The van der Waals surface area contributed by atoms with E-state index in [1.165, 1.54) is 18.6 Å². The molecule has 0 N–H and O–H groups in total. The first-order valence-electron chi connectivity index (χ1n) is 10.3. The second-order valence-electron chi connectivity index (χ2n) is 7.79. The predicted octanol–water partition coefficient (Wildman–Crippen LogP) is 5.14. The topological polar surface area (TPSA) is 32.8 Å². The molecule has 1 saturated carbocycles. The number of rotatable bonds is 5. The van der Waals surface area contributed by atoms with Crippen molar-refractivity contribution in [2.75, 3.05) is 7.05 Å². The van der Waals surface area contributed by atoms with E-state index in [0.717, 1.165) is 36.8 Å². The van der Waals surface area contributed by atoms with Gasteiger partial charge in [-0.3, -0.25) is 9.69 Å². The number of thiocarbonyl (C=S) groups is 1. The van der Waals surface area contributed by atoms with Gasteiger partial charge in [0, 0.05) is 18.7 Å². The molecule has 1 amide bonds. The van der Waals surface area contributed by atoms with Gasteiger partial charge in [0.1, 0.15) is 23.9 Å². The SMILES string of the molecule is CN1C(=S)N(C2CCCCC2)C(=O)/C1=C/c1ccccc1OCc1ccc(F)cc1. The van der Waals surface area contributed by atoms with E-state index in [0.29, 0.717) is 23.2 Å². The molecule has 2 aliphatic rings. The molecule has 0 spiro atoms. The van der Waals surface area contributed by atoms with Crippen LogP contribution < -0.4 is 4.74 Å². The molecule has 1 aliphatic heterocycles. The minimum atomic E-state index is -0.273. The highest BCUT2D eigenvalue weighted by atomic mass is 32.1. The lowest BCUT2D eigenvalue weighted by Gasteiger charge is -2.30. The molecule has 2 aromatic carbocycles. The number of likely N-dealkylation sites (N-methyl/N-ethyl adjacent to an activating group) is 1. The largest absolute Gasteiger partial charge is 0.488 e. The molecule has 6 heteroatoms. The van der Waals surface area contributed by atoms with Crippen LogP contribution >= 0.6 is 12.2 Å². The molecular weight excluding hydrogens is 399 g/mol. The monoisotopic (exact) mass is 424 g/mol. The number of carbonyl (C=O) groups is 1. The van der Waals surface area contributed by atoms with Gasteiger partial charge in [0.15, 0.2) is 5.11 Å². The van der Waals surface area contributed by atoms with Crippen LogP contribution in [-0.2, 0) is 11.4 Å². The molecule has 1 saturated heterocycles. The summed E-state index contributed by atoms with van der Waals surface area (Å²) in [5.41, 5.74) is 2.24. The van der Waals surface area contributed by atoms with Gasteiger partial charge in [-0.2, -0.15) is 0 Å². The Kier molecular flexibility index (Phi) is 6.13. The summed E-state index contributed by atoms with van der Waals surface area (Å²) in [6.45, 7) is 0.316. The zero-order valence-corrected chi connectivity index (χ0v) is 17.8. The molecule has 2 fully saturated rings. The highest BCUT2D eigenvalue weighted by Crippen LogP contribution is 2.32. The van der Waals surface area contributed by atoms with Gasteiger partial charge in [0.05, 0.1) is 0 Å². The fourth-order valence-electron chi connectivity index (χ4n) is 4.06. The van der Waals surface area contributed by atoms with Gasteiger partial charge in [-0.15, -0.1) is 0 Å². The summed E-state index contributed by atoms with van der Waals surface area (Å²) in [4.78, 5) is 16.8. The Labute approximate surface area is 181 Å². The van der Waals surface area contributed by atoms with Crippen molar-refractivity contribution >= 4 is 29.3 Å². The molecule has 4 rings (SSSR count). The lowest BCUT2D eigenvalue weighted by molar-refractivity contribution is -0.124. The first kappa shape index (κ1) is 20.5. The Morgan fingerprint density at radius 3 is 2.53 bits per heavy atom. The normalized spacial score (nSPS) is 19.1. The van der Waals surface area contributed by atoms with Crippen molar-refractivity contribution in [3.05, 3.63) is 71.2 Å². The van der Waals surface area contributed by atoms with Crippen molar-refractivity contribution in [2.45, 2.75) is 44.8 Å². The van der Waals surface area contributed by atoms with Gasteiger partial charge >= 0.3 is 0 Å². The van der Waals surface area contributed by atoms with E-state index >= 15 is 0 Å². The number of benzene rings is 2. The van der Waals surface area contributed by atoms with Gasteiger partial charge in [0.2, 0.25) is 0 Å². The standard InChI is InChI=1S/C24H25FN2O2S/c1-26-21(23(28)27(24(26)30)20-8-3-2-4-9-20)15-18-7-5-6-10-22(18)29-16-17-11-13-19(25)14-12-17/h5-7,10-15,20H,2-4,8-9,16H2,1H3/b21-15-. The first-order chi connectivity index (χ1) is 14.5. The fourth-order valence-corrected chi connectivity index (χ4v) is 4.39. The zero-order valence-electron chi connectivity index (χ0n) is 17.0. The van der Waals surface area contributed by atoms with Crippen molar-refractivity contribution < 1.29 is 13.9 Å². The third kappa shape index (κ3) is 4.24. The minimum absolute atomic E-state index is 0.0391. The number of carbonyl (C=O) groups excluding carboxylic acids is 1. The van der Waals surface area contributed by atoms with Crippen LogP contribution in [0.3, 0.4) is 0 Å². The Morgan fingerprint density at radius 1 is 1.10 bits per heavy atom. The number of para-hydroxylation sites is 1. The van der Waals surface area contributed by atoms with Crippen LogP contribution in [0.4, 0.5) is 4.39 Å². The van der Waals surface area contributed by atoms with Gasteiger partial charge in [-0.1, -0.05) is 49.6 Å². The third-order valence-electron chi connectivity index (χ3n) is 5.75. The van der Waals surface area contributed by atoms with Gasteiger partial charge in [0.25, 0.3) is 5.91 Å². The van der Waals surface area contributed by atoms with E-state index < -0.39 is 0 Å². The van der Waals surface area contributed by atoms with Crippen molar-refractivity contribution in [1.29, 1.82) is 0 Å². The molecule has 30 heavy (non-hydrogen) atoms. The third-order valence-corrected chi connectivity index (χ3v) is 6.22. The Bertz CT molecular complexity index is 967. The molecule has 1 aliphatic carbocycles. The van der Waals surface area contributed by atoms with Crippen LogP contribution in [0.15, 0.2) is 54.2 Å². The molecular formula is C24H25FN2O2S. The van der Waals surface area contributed by atoms with Crippen molar-refractivity contribution in [3.63, 3.8) is 0 Å². The van der Waals surface area contributed by atoms with Crippen LogP contribution in [0.2, 0.25) is 0 Å². The Hall–Kier alpha value is -2.73. The number of amides is 1. The summed E-state index contributed by atoms with van der Waals surface area (Å²) >= 11 is 5.60. The molecule has 0 aromatic heterocycles. The number of ether oxygens (including phenoxy) is 1. The summed E-state index contributed by atoms with van der Waals surface area (Å²) < 4.78 is 19.1. The molecule has 0 atom stereocenters. The van der Waals surface area contributed by atoms with Crippen molar-refractivity contribution in [3.8, 4) is 5.75 Å². The lowest BCUT2D eigenvalue weighted by atomic mass is 9.94. The average molecular weight is 425 g/mol. The van der Waals surface area contributed by atoms with Gasteiger partial charge in [-0.25, -0.2) is 4.39 Å². The maximum atomic E-state index is 13.2. The van der Waals surface area contributed by atoms with Crippen molar-refractivity contribution in [2.24, 2.45) is 0 Å². The Balaban J connectivity index is 1.56. The van der Waals surface area contributed by atoms with E-state index in [4.69, 9.17) is 17.0 Å². The smallest absolute Gasteiger partial charge is 0.277 e. The molecule has 1 heterocycles. The highest BCUT2D eigenvalue weighted by Gasteiger charge is 2.40. The first-order valence-corrected chi connectivity index (χ1v) is 10.7. The molecule has 4 nitrogen and oxygen atoms in total. The Morgan fingerprint density at radius 2 is 1.80 bits per heavy atom. The van der Waals surface area contributed by atoms with Crippen LogP contribution in [0.25, 0.3) is 6.08 Å². The van der Waals surface area contributed by atoms with E-state index in [1.807, 2.05) is 37.4 Å². The lowest BCUT2D eigenvalue weighted by Crippen LogP contribution is -2.41. The molecule has 2 aromatic rings. The summed E-state index contributed by atoms with van der Waals surface area (Å²) in [5.74, 6) is 0.352. The number of hydrogen-bond acceptors (Lipinski definition) is 3. The molecule has 156 valence electrons. The van der Waals surface area contributed by atoms with E-state index in [1.54, 1.807) is 21.9 Å². The number of halogens is 1. The van der Waals surface area contributed by atoms with Crippen LogP contribution in [0.1, 0.15) is 43.2 Å². The highest BCUT2D eigenvalue weighted by molar-refractivity contribution is 7.80. The fraction of sp³-hybridized carbons (Fsp3) is 0.333. The quantitative estimate of drug-likeness (QED) is 0.492. The van der Waals surface area contributed by atoms with E-state index in [9.17, 15) is 9.18 Å². The summed E-state index contributed by atoms with van der Waals surface area (Å²) in [7, 11) is 1.84. The predicted molar refractivity (Wildman–Crippen MR) is 119 cm³/mol. The molecule has 0 bridgehead atoms. The maximum absolute atomic E-state index is 13.2. The summed E-state index contributed by atoms with van der Waals surface area (Å²) in [5, 5.41) is 0.572. The number of hydrogen-bond donors (Lipinski definition) is 0. The van der Waals surface area contributed by atoms with Crippen LogP contribution in [0, 0.1) is 5.82 Å². The van der Waals surface area contributed by atoms with Crippen LogP contribution in [0.5, 0.6) is 5.75 Å². The second kappa shape index (κ2) is 8.96. The number of nitrogens with zero attached hydrogens (tertiary/aromatic N) is 2. The van der Waals surface area contributed by atoms with E-state index in [2.05, 4.69) is 0 Å². The van der Waals surface area contributed by atoms with Gasteiger partial charge in [-0.05, 0) is 54.9 Å². The summed E-state index contributed by atoms with van der Waals surface area (Å²) in [6, 6.07) is 14.0. The maximum Gasteiger partial charge on any atom is 0.277 e. The minimum Gasteiger partial charge on any atom is -0.488 e. The van der Waals surface area contributed by atoms with E-state index in [-0.39, 0.29) is 17.8 Å². The average Bonchev–Trinajstić information content (AvgIpc) is 2.98. The van der Waals surface area contributed by atoms with Gasteiger partial charge < -0.3 is 9.64 Å². The van der Waals surface area contributed by atoms with Crippen LogP contribution in [-0.4, -0.2) is 33.9 Å². The molecule has 0 radical (unpaired) electrons. The second-order valence-corrected chi connectivity index (χ2v) is 8.16. The van der Waals surface area contributed by atoms with Crippen molar-refractivity contribution in [1.82, 2.24) is 9.80 Å².